The summed E-state index contributed by atoms with van der Waals surface area (Å²) in [5, 5.41) is 21.2. The van der Waals surface area contributed by atoms with Crippen molar-refractivity contribution in [2.75, 3.05) is 11.4 Å². The molecule has 0 radical (unpaired) electrons. The highest BCUT2D eigenvalue weighted by atomic mass is 19.4. The highest BCUT2D eigenvalue weighted by molar-refractivity contribution is 5.75. The third-order valence-electron chi connectivity index (χ3n) is 8.43. The Labute approximate surface area is 272 Å². The maximum absolute atomic E-state index is 13.7. The summed E-state index contributed by atoms with van der Waals surface area (Å²) in [6, 6.07) is 0.819. The van der Waals surface area contributed by atoms with Crippen molar-refractivity contribution in [2.24, 2.45) is 7.05 Å². The molecule has 5 rings (SSSR count). The molecule has 3 heterocycles. The van der Waals surface area contributed by atoms with E-state index < -0.39 is 35.7 Å². The van der Waals surface area contributed by atoms with Gasteiger partial charge in [-0.05, 0) is 49.4 Å². The number of benzene rings is 1. The van der Waals surface area contributed by atoms with Crippen molar-refractivity contribution in [2.45, 2.75) is 88.9 Å². The number of hydrogen-bond acceptors (Lipinski definition) is 6. The number of halogens is 6. The lowest BCUT2D eigenvalue weighted by Gasteiger charge is -2.31. The molecule has 11 nitrogen and oxygen atoms in total. The summed E-state index contributed by atoms with van der Waals surface area (Å²) in [5.74, 6) is 0.137. The van der Waals surface area contributed by atoms with Gasteiger partial charge >= 0.3 is 24.5 Å². The molecule has 17 heteroatoms. The number of amides is 2. The SMILES string of the molecule is CC[C@@H]1C[C@H](N(Cc2cc(C(F)(F)F)cc(C(F)(F)F)c2)c2ncc(-c3cnn(C)c3)cn2)CN1C(=O)NC1CCCCC1.O=C(O)O. The molecule has 1 aromatic carbocycles. The van der Waals surface area contributed by atoms with Crippen molar-refractivity contribution in [3.8, 4) is 11.1 Å². The molecule has 1 saturated carbocycles. The second-order valence-electron chi connectivity index (χ2n) is 11.9. The van der Waals surface area contributed by atoms with Gasteiger partial charge in [0, 0.05) is 61.9 Å². The Morgan fingerprint density at radius 1 is 0.938 bits per heavy atom. The van der Waals surface area contributed by atoms with Gasteiger partial charge in [0.25, 0.3) is 0 Å². The molecule has 48 heavy (non-hydrogen) atoms. The summed E-state index contributed by atoms with van der Waals surface area (Å²) in [6.45, 7) is 1.84. The second-order valence-corrected chi connectivity index (χ2v) is 11.9. The Morgan fingerprint density at radius 3 is 2.02 bits per heavy atom. The van der Waals surface area contributed by atoms with Crippen LogP contribution in [-0.4, -0.2) is 71.7 Å². The molecule has 2 amide bonds. The van der Waals surface area contributed by atoms with Gasteiger partial charge in [0.15, 0.2) is 0 Å². The summed E-state index contributed by atoms with van der Waals surface area (Å²) in [7, 11) is 1.76. The van der Waals surface area contributed by atoms with E-state index in [9.17, 15) is 31.1 Å². The molecule has 3 aromatic rings. The zero-order valence-electron chi connectivity index (χ0n) is 26.3. The average molecular weight is 686 g/mol. The van der Waals surface area contributed by atoms with E-state index >= 15 is 0 Å². The topological polar surface area (TPSA) is 137 Å². The van der Waals surface area contributed by atoms with Gasteiger partial charge in [-0.15, -0.1) is 0 Å². The number of alkyl halides is 6. The molecule has 0 bridgehead atoms. The van der Waals surface area contributed by atoms with Crippen LogP contribution in [0, 0.1) is 0 Å². The monoisotopic (exact) mass is 685 g/mol. The molecule has 0 spiro atoms. The van der Waals surface area contributed by atoms with E-state index in [1.54, 1.807) is 46.3 Å². The zero-order chi connectivity index (χ0) is 35.2. The molecule has 2 aliphatic rings. The Bertz CT molecular complexity index is 1510. The normalized spacial score (nSPS) is 18.6. The number of anilines is 1. The number of carbonyl (C=O) groups is 2. The molecule has 2 aromatic heterocycles. The molecule has 1 aliphatic carbocycles. The zero-order valence-corrected chi connectivity index (χ0v) is 26.3. The van der Waals surface area contributed by atoms with Crippen LogP contribution in [0.3, 0.4) is 0 Å². The van der Waals surface area contributed by atoms with E-state index in [1.807, 2.05) is 6.92 Å². The first-order chi connectivity index (χ1) is 22.5. The van der Waals surface area contributed by atoms with Crippen LogP contribution in [0.1, 0.15) is 68.6 Å². The third-order valence-corrected chi connectivity index (χ3v) is 8.43. The maximum atomic E-state index is 13.7. The molecule has 0 unspecified atom stereocenters. The molecular weight excluding hydrogens is 648 g/mol. The molecule has 262 valence electrons. The fraction of sp³-hybridized carbons (Fsp3) is 0.516. The van der Waals surface area contributed by atoms with Gasteiger partial charge in [-0.1, -0.05) is 26.2 Å². The molecule has 1 aliphatic heterocycles. The van der Waals surface area contributed by atoms with Gasteiger partial charge in [-0.25, -0.2) is 19.6 Å². The summed E-state index contributed by atoms with van der Waals surface area (Å²) in [5.41, 5.74) is -1.57. The van der Waals surface area contributed by atoms with Gasteiger partial charge in [0.1, 0.15) is 0 Å². The average Bonchev–Trinajstić information content (AvgIpc) is 3.66. The van der Waals surface area contributed by atoms with Crippen LogP contribution >= 0.6 is 0 Å². The second kappa shape index (κ2) is 15.1. The minimum atomic E-state index is -4.97. The van der Waals surface area contributed by atoms with Crippen molar-refractivity contribution in [1.29, 1.82) is 0 Å². The van der Waals surface area contributed by atoms with Crippen LogP contribution in [0.5, 0.6) is 0 Å². The number of likely N-dealkylation sites (tertiary alicyclic amines) is 1. The largest absolute Gasteiger partial charge is 0.503 e. The summed E-state index contributed by atoms with van der Waals surface area (Å²) < 4.78 is 83.6. The standard InChI is InChI=1S/C30H35F6N7O.CH2O3/c1-3-25-12-26(18-43(25)28(44)40-24-7-5-4-6-8-24)42(27-37-13-20(14-38-27)21-15-39-41(2)17-21)16-19-9-22(29(31,32)33)11-23(10-19)30(34,35)36;2-1(3)4/h9-11,13-15,17,24-26H,3-8,12,16,18H2,1-2H3,(H,40,44);(H2,2,3,4)/t25-,26+;/m1./s1. The van der Waals surface area contributed by atoms with Crippen LogP contribution in [-0.2, 0) is 25.9 Å². The van der Waals surface area contributed by atoms with E-state index in [0.29, 0.717) is 18.4 Å². The number of urea groups is 1. The number of carboxylic acid groups (broad SMARTS) is 2. The van der Waals surface area contributed by atoms with E-state index in [4.69, 9.17) is 15.0 Å². The number of nitrogens with one attached hydrogen (secondary N) is 1. The lowest BCUT2D eigenvalue weighted by molar-refractivity contribution is -0.143. The van der Waals surface area contributed by atoms with Crippen molar-refractivity contribution in [3.05, 3.63) is 59.7 Å². The van der Waals surface area contributed by atoms with Crippen LogP contribution < -0.4 is 10.2 Å². The lowest BCUT2D eigenvalue weighted by atomic mass is 9.96. The highest BCUT2D eigenvalue weighted by Crippen LogP contribution is 2.37. The Morgan fingerprint density at radius 2 is 1.52 bits per heavy atom. The predicted octanol–water partition coefficient (Wildman–Crippen LogP) is 7.04. The van der Waals surface area contributed by atoms with Gasteiger partial charge < -0.3 is 25.3 Å². The molecular formula is C31H37F6N7O4. The molecule has 1 saturated heterocycles. The molecule has 2 atom stereocenters. The number of hydrogen-bond donors (Lipinski definition) is 3. The number of nitrogens with zero attached hydrogens (tertiary/aromatic N) is 6. The Kier molecular flexibility index (Phi) is 11.4. The maximum Gasteiger partial charge on any atom is 0.503 e. The van der Waals surface area contributed by atoms with Crippen molar-refractivity contribution >= 4 is 18.1 Å². The van der Waals surface area contributed by atoms with E-state index in [-0.39, 0.29) is 48.8 Å². The smallest absolute Gasteiger partial charge is 0.450 e. The highest BCUT2D eigenvalue weighted by Gasteiger charge is 2.40. The number of aryl methyl sites for hydroxylation is 1. The number of rotatable bonds is 7. The van der Waals surface area contributed by atoms with Crippen LogP contribution in [0.4, 0.5) is 41.9 Å². The minimum absolute atomic E-state index is 0.0816. The van der Waals surface area contributed by atoms with Crippen LogP contribution in [0.15, 0.2) is 43.0 Å². The van der Waals surface area contributed by atoms with Gasteiger partial charge in [0.2, 0.25) is 5.95 Å². The predicted molar refractivity (Wildman–Crippen MR) is 162 cm³/mol. The summed E-state index contributed by atoms with van der Waals surface area (Å²) in [4.78, 5) is 34.2. The Hall–Kier alpha value is -4.57. The third kappa shape index (κ3) is 9.50. The number of aromatic nitrogens is 4. The fourth-order valence-corrected chi connectivity index (χ4v) is 6.12. The summed E-state index contributed by atoms with van der Waals surface area (Å²) in [6.07, 6.45) is 0.804. The number of carbonyl (C=O) groups excluding carboxylic acids is 1. The van der Waals surface area contributed by atoms with Crippen molar-refractivity contribution in [1.82, 2.24) is 30.0 Å². The minimum Gasteiger partial charge on any atom is -0.450 e. The van der Waals surface area contributed by atoms with Crippen molar-refractivity contribution < 1.29 is 46.1 Å². The first-order valence-corrected chi connectivity index (χ1v) is 15.4. The van der Waals surface area contributed by atoms with Crippen molar-refractivity contribution in [3.63, 3.8) is 0 Å². The molecule has 3 N–H and O–H groups in total. The summed E-state index contributed by atoms with van der Waals surface area (Å²) >= 11 is 0. The van der Waals surface area contributed by atoms with Gasteiger partial charge in [0.05, 0.1) is 23.4 Å². The Balaban J connectivity index is 0.00000123. The van der Waals surface area contributed by atoms with E-state index in [0.717, 1.165) is 49.8 Å². The van der Waals surface area contributed by atoms with Gasteiger partial charge in [-0.2, -0.15) is 31.4 Å². The first kappa shape index (κ1) is 36.3. The van der Waals surface area contributed by atoms with E-state index in [1.165, 1.54) is 0 Å². The van der Waals surface area contributed by atoms with Crippen LogP contribution in [0.25, 0.3) is 11.1 Å². The quantitative estimate of drug-likeness (QED) is 0.226. The molecule has 2 fully saturated rings. The van der Waals surface area contributed by atoms with Gasteiger partial charge in [-0.3, -0.25) is 4.68 Å². The van der Waals surface area contributed by atoms with E-state index in [2.05, 4.69) is 20.4 Å². The van der Waals surface area contributed by atoms with Crippen LogP contribution in [0.2, 0.25) is 0 Å². The first-order valence-electron chi connectivity index (χ1n) is 15.4. The lowest BCUT2D eigenvalue weighted by Crippen LogP contribution is -2.48. The fourth-order valence-electron chi connectivity index (χ4n) is 6.12.